The number of amides is 1. The average molecular weight is 390 g/mol. The van der Waals surface area contributed by atoms with Gasteiger partial charge in [-0.25, -0.2) is 9.97 Å². The summed E-state index contributed by atoms with van der Waals surface area (Å²) in [4.78, 5) is 24.6. The van der Waals surface area contributed by atoms with Gasteiger partial charge in [-0.15, -0.1) is 0 Å². The highest BCUT2D eigenvalue weighted by Gasteiger charge is 2.12. The van der Waals surface area contributed by atoms with Crippen LogP contribution in [0.3, 0.4) is 0 Å². The van der Waals surface area contributed by atoms with Gasteiger partial charge in [0, 0.05) is 49.1 Å². The van der Waals surface area contributed by atoms with Crippen LogP contribution in [0.2, 0.25) is 0 Å². The maximum Gasteiger partial charge on any atom is 0.251 e. The van der Waals surface area contributed by atoms with Crippen LogP contribution in [0.4, 0.5) is 11.6 Å². The summed E-state index contributed by atoms with van der Waals surface area (Å²) in [5.41, 5.74) is 10.3. The molecule has 0 aliphatic heterocycles. The summed E-state index contributed by atoms with van der Waals surface area (Å²) in [5, 5.41) is 5.72. The Balaban J connectivity index is 2.00. The van der Waals surface area contributed by atoms with Crippen LogP contribution in [0.25, 0.3) is 22.2 Å². The summed E-state index contributed by atoms with van der Waals surface area (Å²) in [5.74, 6) is 0.393. The molecule has 8 nitrogen and oxygen atoms in total. The van der Waals surface area contributed by atoms with Gasteiger partial charge in [-0.1, -0.05) is 12.6 Å². The molecule has 0 saturated carbocycles. The van der Waals surface area contributed by atoms with Crippen LogP contribution in [0.1, 0.15) is 6.92 Å². The van der Waals surface area contributed by atoms with Crippen LogP contribution in [0.5, 0.6) is 0 Å². The van der Waals surface area contributed by atoms with Crippen molar-refractivity contribution in [3.8, 4) is 11.3 Å². The van der Waals surface area contributed by atoms with Crippen molar-refractivity contribution in [3.05, 3.63) is 61.1 Å². The number of aromatic nitrogens is 3. The lowest BCUT2D eigenvalue weighted by Crippen LogP contribution is -2.76. The molecule has 2 aromatic heterocycles. The first kappa shape index (κ1) is 20.0. The van der Waals surface area contributed by atoms with Crippen molar-refractivity contribution >= 4 is 34.3 Å². The second-order valence-electron chi connectivity index (χ2n) is 6.53. The van der Waals surface area contributed by atoms with Gasteiger partial charge in [0.1, 0.15) is 11.5 Å². The number of hydrogen-bond donors (Lipinski definition) is 3. The number of allylic oxidation sites excluding steroid dienone is 1. The van der Waals surface area contributed by atoms with E-state index < -0.39 is 0 Å². The number of carbonyl (C=O) groups is 1. The van der Waals surface area contributed by atoms with E-state index in [0.717, 1.165) is 27.9 Å². The molecule has 0 aliphatic carbocycles. The monoisotopic (exact) mass is 390 g/mol. The number of aryl methyl sites for hydroxylation is 1. The molecule has 3 rings (SSSR count). The fourth-order valence-electron chi connectivity index (χ4n) is 2.88. The number of aliphatic imine (C=N–C) groups is 1. The SMILES string of the molecule is C=CC(=O)Nc1ccc2c(-c3ccnc(/N=C(N)\C=C(\C)[NH2+]C)n3)cn(C)c2c1. The van der Waals surface area contributed by atoms with Crippen molar-refractivity contribution < 1.29 is 10.1 Å². The van der Waals surface area contributed by atoms with Crippen molar-refractivity contribution in [2.24, 2.45) is 17.8 Å². The van der Waals surface area contributed by atoms with Crippen molar-refractivity contribution in [2.45, 2.75) is 6.92 Å². The predicted molar refractivity (Wildman–Crippen MR) is 116 cm³/mol. The molecule has 0 radical (unpaired) electrons. The maximum absolute atomic E-state index is 11.6. The first-order valence-electron chi connectivity index (χ1n) is 9.09. The molecule has 0 unspecified atom stereocenters. The van der Waals surface area contributed by atoms with E-state index in [9.17, 15) is 4.79 Å². The van der Waals surface area contributed by atoms with E-state index in [1.54, 1.807) is 12.3 Å². The van der Waals surface area contributed by atoms with E-state index in [0.29, 0.717) is 17.5 Å². The van der Waals surface area contributed by atoms with Crippen molar-refractivity contribution in [1.29, 1.82) is 0 Å². The Morgan fingerprint density at radius 2 is 2.17 bits per heavy atom. The van der Waals surface area contributed by atoms with Gasteiger partial charge in [0.2, 0.25) is 5.91 Å². The zero-order valence-electron chi connectivity index (χ0n) is 16.7. The van der Waals surface area contributed by atoms with Gasteiger partial charge in [0.05, 0.1) is 18.3 Å². The molecule has 8 heteroatoms. The normalized spacial score (nSPS) is 12.2. The molecule has 29 heavy (non-hydrogen) atoms. The quantitative estimate of drug-likeness (QED) is 0.338. The smallest absolute Gasteiger partial charge is 0.251 e. The van der Waals surface area contributed by atoms with Gasteiger partial charge < -0.3 is 20.9 Å². The first-order chi connectivity index (χ1) is 13.9. The van der Waals surface area contributed by atoms with E-state index in [2.05, 4.69) is 26.9 Å². The number of nitrogens with two attached hydrogens (primary N) is 2. The Hall–Kier alpha value is -3.78. The zero-order chi connectivity index (χ0) is 21.0. The number of benzene rings is 1. The van der Waals surface area contributed by atoms with E-state index in [1.165, 1.54) is 6.08 Å². The van der Waals surface area contributed by atoms with Crippen molar-refractivity contribution in [3.63, 3.8) is 0 Å². The molecule has 0 spiro atoms. The minimum Gasteiger partial charge on any atom is -0.383 e. The first-order valence-corrected chi connectivity index (χ1v) is 9.09. The number of nitrogens with zero attached hydrogens (tertiary/aromatic N) is 4. The van der Waals surface area contributed by atoms with Gasteiger partial charge >= 0.3 is 0 Å². The van der Waals surface area contributed by atoms with Crippen LogP contribution in [0.15, 0.2) is 66.1 Å². The Labute approximate surface area is 168 Å². The lowest BCUT2D eigenvalue weighted by molar-refractivity contribution is -0.575. The molecule has 1 aromatic carbocycles. The lowest BCUT2D eigenvalue weighted by atomic mass is 10.1. The molecule has 0 aliphatic rings. The number of anilines is 1. The third-order valence-electron chi connectivity index (χ3n) is 4.42. The number of nitrogens with one attached hydrogen (secondary N) is 1. The summed E-state index contributed by atoms with van der Waals surface area (Å²) in [6, 6.07) is 7.54. The van der Waals surface area contributed by atoms with E-state index >= 15 is 0 Å². The molecule has 148 valence electrons. The molecule has 0 saturated heterocycles. The van der Waals surface area contributed by atoms with Crippen molar-refractivity contribution in [1.82, 2.24) is 14.5 Å². The summed E-state index contributed by atoms with van der Waals surface area (Å²) < 4.78 is 1.98. The predicted octanol–water partition coefficient (Wildman–Crippen LogP) is 1.85. The van der Waals surface area contributed by atoms with E-state index in [4.69, 9.17) is 5.73 Å². The molecule has 3 aromatic rings. The highest BCUT2D eigenvalue weighted by molar-refractivity contribution is 6.02. The maximum atomic E-state index is 11.6. The van der Waals surface area contributed by atoms with E-state index in [1.807, 2.05) is 61.4 Å². The topological polar surface area (TPSA) is 115 Å². The molecule has 5 N–H and O–H groups in total. The largest absolute Gasteiger partial charge is 0.383 e. The molecule has 1 amide bonds. The average Bonchev–Trinajstić information content (AvgIpc) is 3.04. The number of quaternary nitrogens is 1. The van der Waals surface area contributed by atoms with Gasteiger partial charge in [0.25, 0.3) is 5.95 Å². The molecular weight excluding hydrogens is 366 g/mol. The third-order valence-corrected chi connectivity index (χ3v) is 4.42. The standard InChI is InChI=1S/C21H23N7O/c1-5-20(29)25-14-6-7-15-16(12-28(4)18(15)11-14)17-8-9-24-21(26-17)27-19(22)10-13(2)23-3/h5-12,23H,1H2,2-4H3,(H,25,29)(H2,22,24,26,27)/p+1/b13-10-. The van der Waals surface area contributed by atoms with Crippen LogP contribution in [-0.4, -0.2) is 33.3 Å². The van der Waals surface area contributed by atoms with Gasteiger partial charge in [-0.2, -0.15) is 4.99 Å². The summed E-state index contributed by atoms with van der Waals surface area (Å²) in [7, 11) is 3.88. The molecule has 2 heterocycles. The van der Waals surface area contributed by atoms with E-state index in [-0.39, 0.29) is 5.91 Å². The van der Waals surface area contributed by atoms with Gasteiger partial charge in [0.15, 0.2) is 0 Å². The summed E-state index contributed by atoms with van der Waals surface area (Å²) in [6.07, 6.45) is 6.66. The molecule has 0 atom stereocenters. The Kier molecular flexibility index (Phi) is 5.85. The Morgan fingerprint density at radius 1 is 1.38 bits per heavy atom. The number of hydrogen-bond acceptors (Lipinski definition) is 4. The van der Waals surface area contributed by atoms with Crippen LogP contribution in [0, 0.1) is 0 Å². The summed E-state index contributed by atoms with van der Waals surface area (Å²) in [6.45, 7) is 5.42. The fourth-order valence-corrected chi connectivity index (χ4v) is 2.88. The minimum atomic E-state index is -0.250. The zero-order valence-corrected chi connectivity index (χ0v) is 16.7. The van der Waals surface area contributed by atoms with Crippen LogP contribution < -0.4 is 16.4 Å². The number of rotatable bonds is 6. The van der Waals surface area contributed by atoms with Gasteiger partial charge in [-0.05, 0) is 24.3 Å². The molecular formula is C21H24N7O+. The Morgan fingerprint density at radius 3 is 2.90 bits per heavy atom. The number of carbonyl (C=O) groups excluding carboxylic acids is 1. The second-order valence-corrected chi connectivity index (χ2v) is 6.53. The second kappa shape index (κ2) is 8.49. The number of amidine groups is 1. The van der Waals surface area contributed by atoms with Crippen molar-refractivity contribution in [2.75, 3.05) is 12.4 Å². The number of fused-ring (bicyclic) bond motifs is 1. The third kappa shape index (κ3) is 4.56. The Bertz CT molecular complexity index is 1140. The summed E-state index contributed by atoms with van der Waals surface area (Å²) >= 11 is 0. The van der Waals surface area contributed by atoms with Crippen LogP contribution >= 0.6 is 0 Å². The highest BCUT2D eigenvalue weighted by Crippen LogP contribution is 2.31. The van der Waals surface area contributed by atoms with Gasteiger partial charge in [-0.3, -0.25) is 4.79 Å². The minimum absolute atomic E-state index is 0.250. The highest BCUT2D eigenvalue weighted by atomic mass is 16.1. The molecule has 0 fully saturated rings. The van der Waals surface area contributed by atoms with Crippen LogP contribution in [-0.2, 0) is 11.8 Å². The molecule has 0 bridgehead atoms. The fraction of sp³-hybridized carbons (Fsp3) is 0.143. The lowest BCUT2D eigenvalue weighted by Gasteiger charge is -2.04.